The largest absolute Gasteiger partial charge is 0.399 e. The van der Waals surface area contributed by atoms with Crippen molar-refractivity contribution < 1.29 is 4.79 Å². The van der Waals surface area contributed by atoms with Crippen LogP contribution in [0.4, 0.5) is 0 Å². The first-order chi connectivity index (χ1) is 8.45. The normalized spacial score (nSPS) is 11.7. The third-order valence-corrected chi connectivity index (χ3v) is 2.29. The summed E-state index contributed by atoms with van der Waals surface area (Å²) in [6.45, 7) is 7.99. The van der Waals surface area contributed by atoms with Gasteiger partial charge in [0.25, 0.3) is 0 Å². The lowest BCUT2D eigenvalue weighted by atomic mass is 10.3. The molecule has 0 aliphatic heterocycles. The molecule has 0 unspecified atom stereocenters. The van der Waals surface area contributed by atoms with Gasteiger partial charge in [0.15, 0.2) is 0 Å². The summed E-state index contributed by atoms with van der Waals surface area (Å²) in [5.74, 6) is 5.75. The lowest BCUT2D eigenvalue weighted by Gasteiger charge is -2.16. The molecular formula is C12H27N5O. The Morgan fingerprint density at radius 2 is 2.11 bits per heavy atom. The molecule has 0 saturated heterocycles. The molecule has 0 spiro atoms. The van der Waals surface area contributed by atoms with Crippen molar-refractivity contribution in [3.8, 4) is 0 Å². The number of nitrogens with two attached hydrogens (primary N) is 2. The summed E-state index contributed by atoms with van der Waals surface area (Å²) >= 11 is 0. The molecule has 0 bridgehead atoms. The highest BCUT2D eigenvalue weighted by Gasteiger charge is 1.99. The van der Waals surface area contributed by atoms with Gasteiger partial charge in [0.1, 0.15) is 0 Å². The van der Waals surface area contributed by atoms with Gasteiger partial charge >= 0.3 is 0 Å². The van der Waals surface area contributed by atoms with E-state index >= 15 is 0 Å². The van der Waals surface area contributed by atoms with Gasteiger partial charge in [-0.2, -0.15) is 0 Å². The van der Waals surface area contributed by atoms with Crippen LogP contribution in [0.15, 0.2) is 11.9 Å². The van der Waals surface area contributed by atoms with Gasteiger partial charge in [-0.05, 0) is 13.0 Å². The molecule has 0 aromatic carbocycles. The van der Waals surface area contributed by atoms with Crippen LogP contribution in [0, 0.1) is 0 Å². The zero-order valence-electron chi connectivity index (χ0n) is 11.7. The van der Waals surface area contributed by atoms with Gasteiger partial charge in [0.2, 0.25) is 5.91 Å². The third kappa shape index (κ3) is 9.92. The number of carbonyl (C=O) groups is 1. The van der Waals surface area contributed by atoms with Gasteiger partial charge in [-0.1, -0.05) is 20.8 Å². The van der Waals surface area contributed by atoms with Gasteiger partial charge in [0.05, 0.1) is 6.54 Å². The minimum Gasteiger partial charge on any atom is -0.399 e. The van der Waals surface area contributed by atoms with E-state index in [0.717, 1.165) is 19.5 Å². The minimum absolute atomic E-state index is 0.0175. The molecule has 0 aliphatic rings. The van der Waals surface area contributed by atoms with Crippen molar-refractivity contribution in [1.82, 2.24) is 15.6 Å². The first-order valence-electron chi connectivity index (χ1n) is 6.43. The van der Waals surface area contributed by atoms with Crippen LogP contribution in [-0.2, 0) is 4.79 Å². The van der Waals surface area contributed by atoms with Gasteiger partial charge in [-0.15, -0.1) is 0 Å². The van der Waals surface area contributed by atoms with Crippen molar-refractivity contribution in [1.29, 1.82) is 0 Å². The fraction of sp³-hybridized carbons (Fsp3) is 0.750. The lowest BCUT2D eigenvalue weighted by Crippen LogP contribution is -2.33. The van der Waals surface area contributed by atoms with Crippen LogP contribution < -0.4 is 22.2 Å². The molecule has 0 radical (unpaired) electrons. The number of hydrogen-bond acceptors (Lipinski definition) is 5. The number of hydrazine groups is 1. The number of nitrogens with one attached hydrogen (secondary N) is 2. The van der Waals surface area contributed by atoms with E-state index in [0.29, 0.717) is 24.7 Å². The van der Waals surface area contributed by atoms with Crippen LogP contribution in [0.5, 0.6) is 0 Å². The van der Waals surface area contributed by atoms with Gasteiger partial charge < -0.3 is 21.4 Å². The molecule has 0 fully saturated rings. The summed E-state index contributed by atoms with van der Waals surface area (Å²) in [6, 6.07) is 0.487. The maximum Gasteiger partial charge on any atom is 0.220 e. The Bertz CT molecular complexity index is 265. The van der Waals surface area contributed by atoms with Gasteiger partial charge in [-0.3, -0.25) is 4.79 Å². The second kappa shape index (κ2) is 9.73. The highest BCUT2D eigenvalue weighted by molar-refractivity contribution is 5.75. The topological polar surface area (TPSA) is 96.4 Å². The highest BCUT2D eigenvalue weighted by atomic mass is 16.1. The lowest BCUT2D eigenvalue weighted by molar-refractivity contribution is -0.120. The summed E-state index contributed by atoms with van der Waals surface area (Å²) in [4.78, 5) is 11.0. The third-order valence-electron chi connectivity index (χ3n) is 2.29. The van der Waals surface area contributed by atoms with Crippen LogP contribution in [0.2, 0.25) is 0 Å². The average Bonchev–Trinajstić information content (AvgIpc) is 2.31. The highest BCUT2D eigenvalue weighted by Crippen LogP contribution is 1.90. The van der Waals surface area contributed by atoms with Crippen molar-refractivity contribution in [2.75, 3.05) is 19.6 Å². The standard InChI is InChI=1S/C12H27N5O/c1-4-12(18)16-8-11(13)9-17(14)7-5-6-15-10(2)3/h9-10,15H,4-8,13-14H2,1-3H3,(H,16,18)/b11-9-. The van der Waals surface area contributed by atoms with Crippen molar-refractivity contribution in [2.24, 2.45) is 11.6 Å². The summed E-state index contributed by atoms with van der Waals surface area (Å²) in [7, 11) is 0. The summed E-state index contributed by atoms with van der Waals surface area (Å²) in [5, 5.41) is 7.55. The van der Waals surface area contributed by atoms with Gasteiger partial charge in [0, 0.05) is 30.9 Å². The van der Waals surface area contributed by atoms with E-state index in [2.05, 4.69) is 24.5 Å². The Morgan fingerprint density at radius 3 is 2.67 bits per heavy atom. The molecule has 18 heavy (non-hydrogen) atoms. The second-order valence-electron chi connectivity index (χ2n) is 4.53. The first kappa shape index (κ1) is 16.7. The van der Waals surface area contributed by atoms with E-state index in [-0.39, 0.29) is 5.91 Å². The minimum atomic E-state index is -0.0175. The summed E-state index contributed by atoms with van der Waals surface area (Å²) in [6.07, 6.45) is 3.06. The second-order valence-corrected chi connectivity index (χ2v) is 4.53. The van der Waals surface area contributed by atoms with Crippen molar-refractivity contribution in [3.05, 3.63) is 11.9 Å². The average molecular weight is 257 g/mol. The molecule has 0 aromatic heterocycles. The zero-order chi connectivity index (χ0) is 14.0. The Balaban J connectivity index is 3.75. The van der Waals surface area contributed by atoms with Crippen LogP contribution in [0.3, 0.4) is 0 Å². The molecule has 0 atom stereocenters. The SMILES string of the molecule is CCC(=O)NC/C(N)=C/N(N)CCCNC(C)C. The molecule has 1 amide bonds. The van der Waals surface area contributed by atoms with E-state index in [1.165, 1.54) is 0 Å². The summed E-state index contributed by atoms with van der Waals surface area (Å²) < 4.78 is 0. The molecule has 0 saturated carbocycles. The monoisotopic (exact) mass is 257 g/mol. The van der Waals surface area contributed by atoms with Crippen molar-refractivity contribution in [2.45, 2.75) is 39.7 Å². The van der Waals surface area contributed by atoms with E-state index in [9.17, 15) is 4.79 Å². The number of carbonyl (C=O) groups excluding carboxylic acids is 1. The van der Waals surface area contributed by atoms with E-state index < -0.39 is 0 Å². The number of nitrogens with zero attached hydrogens (tertiary/aromatic N) is 1. The Hall–Kier alpha value is -1.27. The molecule has 0 aromatic rings. The van der Waals surface area contributed by atoms with Crippen LogP contribution in [-0.4, -0.2) is 36.6 Å². The maximum atomic E-state index is 11.0. The van der Waals surface area contributed by atoms with Crippen molar-refractivity contribution >= 4 is 5.91 Å². The molecule has 6 nitrogen and oxygen atoms in total. The molecule has 0 aliphatic carbocycles. The maximum absolute atomic E-state index is 11.0. The molecule has 106 valence electrons. The fourth-order valence-electron chi connectivity index (χ4n) is 1.30. The quantitative estimate of drug-likeness (QED) is 0.262. The Kier molecular flexibility index (Phi) is 9.04. The predicted molar refractivity (Wildman–Crippen MR) is 74.2 cm³/mol. The van der Waals surface area contributed by atoms with Crippen molar-refractivity contribution in [3.63, 3.8) is 0 Å². The molecule has 0 heterocycles. The summed E-state index contributed by atoms with van der Waals surface area (Å²) in [5.41, 5.74) is 6.29. The van der Waals surface area contributed by atoms with Crippen LogP contribution in [0.1, 0.15) is 33.6 Å². The van der Waals surface area contributed by atoms with Crippen LogP contribution >= 0.6 is 0 Å². The van der Waals surface area contributed by atoms with Gasteiger partial charge in [-0.25, -0.2) is 5.84 Å². The fourth-order valence-corrected chi connectivity index (χ4v) is 1.30. The molecule has 6 N–H and O–H groups in total. The van der Waals surface area contributed by atoms with E-state index in [1.54, 1.807) is 18.1 Å². The zero-order valence-corrected chi connectivity index (χ0v) is 11.7. The number of rotatable bonds is 9. The molecule has 0 rings (SSSR count). The van der Waals surface area contributed by atoms with E-state index in [4.69, 9.17) is 11.6 Å². The predicted octanol–water partition coefficient (Wildman–Crippen LogP) is -0.123. The van der Waals surface area contributed by atoms with Crippen LogP contribution in [0.25, 0.3) is 0 Å². The smallest absolute Gasteiger partial charge is 0.220 e. The Morgan fingerprint density at radius 1 is 1.44 bits per heavy atom. The first-order valence-corrected chi connectivity index (χ1v) is 6.43. The van der Waals surface area contributed by atoms with E-state index in [1.807, 2.05) is 0 Å². The number of amides is 1. The molecule has 6 heteroatoms. The molecular weight excluding hydrogens is 230 g/mol. The number of hydrogen-bond donors (Lipinski definition) is 4. The Labute approximate surface area is 110 Å².